The van der Waals surface area contributed by atoms with Crippen molar-refractivity contribution < 1.29 is 14.0 Å². The average Bonchev–Trinajstić information content (AvgIpc) is 2.19. The molecule has 1 amide bonds. The zero-order chi connectivity index (χ0) is 14.2. The van der Waals surface area contributed by atoms with E-state index in [1.54, 1.807) is 0 Å². The van der Waals surface area contributed by atoms with Gasteiger partial charge < -0.3 is 20.3 Å². The first kappa shape index (κ1) is 17.2. The summed E-state index contributed by atoms with van der Waals surface area (Å²) in [5.41, 5.74) is 5.08. The number of nitrogens with zero attached hydrogens (tertiary/aromatic N) is 1. The SMILES string of the molecule is CC(C)(C)OC(=O)NCCC[N+](C)(C)CCCN. The first-order valence-corrected chi connectivity index (χ1v) is 6.65. The van der Waals surface area contributed by atoms with Crippen LogP contribution < -0.4 is 11.1 Å². The molecule has 0 saturated carbocycles. The summed E-state index contributed by atoms with van der Waals surface area (Å²) in [5.74, 6) is 0. The van der Waals surface area contributed by atoms with Crippen molar-refractivity contribution in [1.82, 2.24) is 5.32 Å². The van der Waals surface area contributed by atoms with Gasteiger partial charge in [-0.1, -0.05) is 0 Å². The van der Waals surface area contributed by atoms with Gasteiger partial charge in [0.25, 0.3) is 0 Å². The van der Waals surface area contributed by atoms with Gasteiger partial charge in [-0.2, -0.15) is 0 Å². The van der Waals surface area contributed by atoms with Crippen LogP contribution in [0.15, 0.2) is 0 Å². The molecule has 0 aromatic heterocycles. The number of carbonyl (C=O) groups excluding carboxylic acids is 1. The number of carbonyl (C=O) groups is 1. The fourth-order valence-corrected chi connectivity index (χ4v) is 1.64. The summed E-state index contributed by atoms with van der Waals surface area (Å²) in [6.45, 7) is 9.06. The molecular weight excluding hydrogens is 230 g/mol. The molecule has 0 spiro atoms. The molecule has 5 heteroatoms. The van der Waals surface area contributed by atoms with E-state index in [0.717, 1.165) is 37.0 Å². The van der Waals surface area contributed by atoms with Gasteiger partial charge in [-0.05, 0) is 27.3 Å². The summed E-state index contributed by atoms with van der Waals surface area (Å²) < 4.78 is 6.10. The fraction of sp³-hybridized carbons (Fsp3) is 0.923. The summed E-state index contributed by atoms with van der Waals surface area (Å²) >= 11 is 0. The van der Waals surface area contributed by atoms with E-state index in [0.29, 0.717) is 6.54 Å². The summed E-state index contributed by atoms with van der Waals surface area (Å²) in [5, 5.41) is 2.77. The summed E-state index contributed by atoms with van der Waals surface area (Å²) in [6, 6.07) is 0. The lowest BCUT2D eigenvalue weighted by Crippen LogP contribution is -2.43. The third-order valence-corrected chi connectivity index (χ3v) is 2.58. The minimum absolute atomic E-state index is 0.338. The van der Waals surface area contributed by atoms with Crippen molar-refractivity contribution in [2.75, 3.05) is 40.3 Å². The highest BCUT2D eigenvalue weighted by Gasteiger charge is 2.17. The van der Waals surface area contributed by atoms with Crippen LogP contribution in [0.5, 0.6) is 0 Å². The number of nitrogens with one attached hydrogen (secondary N) is 1. The molecule has 0 aliphatic carbocycles. The van der Waals surface area contributed by atoms with E-state index in [2.05, 4.69) is 19.4 Å². The molecule has 0 heterocycles. The highest BCUT2D eigenvalue weighted by Crippen LogP contribution is 2.06. The Kier molecular flexibility index (Phi) is 7.25. The number of rotatable bonds is 7. The molecule has 18 heavy (non-hydrogen) atoms. The number of alkyl carbamates (subject to hydrolysis) is 1. The number of amides is 1. The van der Waals surface area contributed by atoms with E-state index in [1.165, 1.54) is 0 Å². The van der Waals surface area contributed by atoms with Gasteiger partial charge >= 0.3 is 6.09 Å². The standard InChI is InChI=1S/C13H29N3O2/c1-13(2,3)18-12(17)15-9-7-11-16(4,5)10-6-8-14/h6-11,14H2,1-5H3/p+1. The van der Waals surface area contributed by atoms with Crippen molar-refractivity contribution in [3.8, 4) is 0 Å². The van der Waals surface area contributed by atoms with Crippen molar-refractivity contribution in [3.63, 3.8) is 0 Å². The van der Waals surface area contributed by atoms with Crippen molar-refractivity contribution in [2.24, 2.45) is 5.73 Å². The van der Waals surface area contributed by atoms with Gasteiger partial charge in [0, 0.05) is 19.4 Å². The van der Waals surface area contributed by atoms with E-state index in [9.17, 15) is 4.79 Å². The largest absolute Gasteiger partial charge is 0.444 e. The van der Waals surface area contributed by atoms with Gasteiger partial charge in [-0.25, -0.2) is 4.79 Å². The Morgan fingerprint density at radius 1 is 1.22 bits per heavy atom. The second-order valence-corrected chi connectivity index (χ2v) is 6.31. The molecule has 0 aromatic carbocycles. The van der Waals surface area contributed by atoms with E-state index in [1.807, 2.05) is 20.8 Å². The van der Waals surface area contributed by atoms with Crippen LogP contribution >= 0.6 is 0 Å². The fourth-order valence-electron chi connectivity index (χ4n) is 1.64. The van der Waals surface area contributed by atoms with Gasteiger partial charge in [0.15, 0.2) is 0 Å². The first-order valence-electron chi connectivity index (χ1n) is 6.65. The van der Waals surface area contributed by atoms with Gasteiger partial charge in [-0.3, -0.25) is 0 Å². The maximum Gasteiger partial charge on any atom is 0.407 e. The van der Waals surface area contributed by atoms with Crippen LogP contribution in [0.2, 0.25) is 0 Å². The molecule has 0 rings (SSSR count). The lowest BCUT2D eigenvalue weighted by molar-refractivity contribution is -0.890. The maximum absolute atomic E-state index is 11.4. The Hall–Kier alpha value is -0.810. The van der Waals surface area contributed by atoms with Gasteiger partial charge in [0.2, 0.25) is 0 Å². The average molecular weight is 260 g/mol. The Bertz CT molecular complexity index is 247. The van der Waals surface area contributed by atoms with E-state index in [-0.39, 0.29) is 6.09 Å². The molecule has 0 unspecified atom stereocenters. The predicted molar refractivity (Wildman–Crippen MR) is 74.4 cm³/mol. The Morgan fingerprint density at radius 2 is 1.78 bits per heavy atom. The van der Waals surface area contributed by atoms with Crippen LogP contribution in [-0.4, -0.2) is 56.5 Å². The normalized spacial score (nSPS) is 12.3. The van der Waals surface area contributed by atoms with Crippen molar-refractivity contribution in [2.45, 2.75) is 39.2 Å². The molecule has 0 aliphatic heterocycles. The third kappa shape index (κ3) is 10.4. The third-order valence-electron chi connectivity index (χ3n) is 2.58. The predicted octanol–water partition coefficient (Wildman–Crippen LogP) is 1.33. The number of nitrogens with two attached hydrogens (primary N) is 1. The first-order chi connectivity index (χ1) is 8.16. The zero-order valence-corrected chi connectivity index (χ0v) is 12.6. The molecule has 0 aliphatic rings. The van der Waals surface area contributed by atoms with Crippen LogP contribution in [0.3, 0.4) is 0 Å². The minimum atomic E-state index is -0.430. The molecule has 0 atom stereocenters. The lowest BCUT2D eigenvalue weighted by Gasteiger charge is -2.29. The lowest BCUT2D eigenvalue weighted by atomic mass is 10.2. The molecule has 0 saturated heterocycles. The minimum Gasteiger partial charge on any atom is -0.444 e. The number of hydrogen-bond donors (Lipinski definition) is 2. The number of hydrogen-bond acceptors (Lipinski definition) is 3. The van der Waals surface area contributed by atoms with Crippen LogP contribution in [0, 0.1) is 0 Å². The molecule has 0 bridgehead atoms. The van der Waals surface area contributed by atoms with Gasteiger partial charge in [-0.15, -0.1) is 0 Å². The quantitative estimate of drug-likeness (QED) is 0.536. The van der Waals surface area contributed by atoms with Crippen LogP contribution in [0.25, 0.3) is 0 Å². The molecule has 0 radical (unpaired) electrons. The second kappa shape index (κ2) is 7.59. The Labute approximate surface area is 111 Å². The Morgan fingerprint density at radius 3 is 2.28 bits per heavy atom. The monoisotopic (exact) mass is 260 g/mol. The molecule has 0 aromatic rings. The van der Waals surface area contributed by atoms with E-state index in [4.69, 9.17) is 10.5 Å². The molecular formula is C13H30N3O2+. The maximum atomic E-state index is 11.4. The summed E-state index contributed by atoms with van der Waals surface area (Å²) in [4.78, 5) is 11.4. The number of quaternary nitrogens is 1. The van der Waals surface area contributed by atoms with Crippen molar-refractivity contribution in [3.05, 3.63) is 0 Å². The second-order valence-electron chi connectivity index (χ2n) is 6.31. The smallest absolute Gasteiger partial charge is 0.407 e. The van der Waals surface area contributed by atoms with Crippen LogP contribution in [-0.2, 0) is 4.74 Å². The molecule has 5 nitrogen and oxygen atoms in total. The highest BCUT2D eigenvalue weighted by molar-refractivity contribution is 5.67. The zero-order valence-electron chi connectivity index (χ0n) is 12.6. The number of ether oxygens (including phenoxy) is 1. The van der Waals surface area contributed by atoms with Gasteiger partial charge in [0.05, 0.1) is 27.2 Å². The van der Waals surface area contributed by atoms with Crippen LogP contribution in [0.1, 0.15) is 33.6 Å². The Balaban J connectivity index is 3.70. The van der Waals surface area contributed by atoms with E-state index >= 15 is 0 Å². The molecule has 0 fully saturated rings. The van der Waals surface area contributed by atoms with Crippen molar-refractivity contribution >= 4 is 6.09 Å². The highest BCUT2D eigenvalue weighted by atomic mass is 16.6. The van der Waals surface area contributed by atoms with Crippen molar-refractivity contribution in [1.29, 1.82) is 0 Å². The topological polar surface area (TPSA) is 64.3 Å². The summed E-state index contributed by atoms with van der Waals surface area (Å²) in [7, 11) is 4.37. The van der Waals surface area contributed by atoms with Crippen LogP contribution in [0.4, 0.5) is 4.79 Å². The van der Waals surface area contributed by atoms with E-state index < -0.39 is 5.60 Å². The summed E-state index contributed by atoms with van der Waals surface area (Å²) in [6.07, 6.45) is 1.64. The van der Waals surface area contributed by atoms with Gasteiger partial charge in [0.1, 0.15) is 5.60 Å². The molecule has 3 N–H and O–H groups in total. The molecule has 108 valence electrons.